The number of carbonyl (C=O) groups is 1. The van der Waals surface area contributed by atoms with E-state index in [9.17, 15) is 25.0 Å². The van der Waals surface area contributed by atoms with Gasteiger partial charge in [-0.25, -0.2) is 4.79 Å². The molecule has 1 aromatic carbocycles. The van der Waals surface area contributed by atoms with Crippen molar-refractivity contribution < 1.29 is 19.4 Å². The van der Waals surface area contributed by atoms with Crippen molar-refractivity contribution in [3.05, 3.63) is 61.3 Å². The largest absolute Gasteiger partial charge is 0.457 e. The standard InChI is InChI=1S/C18H21N3O6/c1-10-14(17(22)27-18(3,4)5)15(16(21(25)26)11(2)19-10)12-8-6-7-9-13(12)20(23)24/h6-9,15-16H,1-5H3. The van der Waals surface area contributed by atoms with Crippen LogP contribution in [0.3, 0.4) is 0 Å². The van der Waals surface area contributed by atoms with Gasteiger partial charge in [-0.05, 0) is 34.6 Å². The zero-order chi connectivity index (χ0) is 20.5. The average Bonchev–Trinajstić information content (AvgIpc) is 2.51. The number of aliphatic imine (C=N–C) groups is 1. The third-order valence-electron chi connectivity index (χ3n) is 4.10. The van der Waals surface area contributed by atoms with Crippen molar-refractivity contribution in [1.82, 2.24) is 0 Å². The van der Waals surface area contributed by atoms with Crippen LogP contribution in [-0.4, -0.2) is 33.2 Å². The van der Waals surface area contributed by atoms with Crippen LogP contribution in [-0.2, 0) is 9.53 Å². The molecule has 9 heteroatoms. The Morgan fingerprint density at radius 2 is 1.74 bits per heavy atom. The third-order valence-corrected chi connectivity index (χ3v) is 4.10. The van der Waals surface area contributed by atoms with Crippen LogP contribution in [0.4, 0.5) is 5.69 Å². The van der Waals surface area contributed by atoms with Gasteiger partial charge in [0.15, 0.2) is 0 Å². The molecule has 2 rings (SSSR count). The number of hydrogen-bond acceptors (Lipinski definition) is 7. The number of esters is 1. The van der Waals surface area contributed by atoms with Crippen molar-refractivity contribution in [1.29, 1.82) is 0 Å². The molecule has 1 aliphatic heterocycles. The molecular weight excluding hydrogens is 354 g/mol. The third kappa shape index (κ3) is 4.18. The molecule has 9 nitrogen and oxygen atoms in total. The van der Waals surface area contributed by atoms with Crippen LogP contribution < -0.4 is 0 Å². The Kier molecular flexibility index (Phi) is 5.43. The van der Waals surface area contributed by atoms with Gasteiger partial charge in [0.1, 0.15) is 5.60 Å². The van der Waals surface area contributed by atoms with Gasteiger partial charge >= 0.3 is 5.97 Å². The van der Waals surface area contributed by atoms with Gasteiger partial charge in [-0.1, -0.05) is 18.2 Å². The lowest BCUT2D eigenvalue weighted by molar-refractivity contribution is -0.506. The number of allylic oxidation sites excluding steroid dienone is 1. The maximum Gasteiger partial charge on any atom is 0.337 e. The van der Waals surface area contributed by atoms with E-state index < -0.39 is 33.4 Å². The highest BCUT2D eigenvalue weighted by Crippen LogP contribution is 2.41. The Bertz CT molecular complexity index is 866. The first-order valence-electron chi connectivity index (χ1n) is 8.30. The number of carbonyl (C=O) groups excluding carboxylic acids is 1. The second-order valence-electron chi connectivity index (χ2n) is 7.28. The smallest absolute Gasteiger partial charge is 0.337 e. The summed E-state index contributed by atoms with van der Waals surface area (Å²) in [6.07, 6.45) is 0. The number of ether oxygens (including phenoxy) is 1. The van der Waals surface area contributed by atoms with E-state index in [0.29, 0.717) is 0 Å². The van der Waals surface area contributed by atoms with Crippen LogP contribution >= 0.6 is 0 Å². The molecule has 144 valence electrons. The summed E-state index contributed by atoms with van der Waals surface area (Å²) in [5, 5.41) is 23.3. The predicted molar refractivity (Wildman–Crippen MR) is 98.3 cm³/mol. The molecule has 1 heterocycles. The number of nitrogens with zero attached hydrogens (tertiary/aromatic N) is 3. The molecule has 0 N–H and O–H groups in total. The van der Waals surface area contributed by atoms with Crippen molar-refractivity contribution in [2.45, 2.75) is 52.2 Å². The normalized spacial score (nSPS) is 20.1. The fourth-order valence-electron chi connectivity index (χ4n) is 3.14. The number of benzene rings is 1. The number of nitro groups is 2. The maximum atomic E-state index is 12.8. The molecule has 0 amide bonds. The van der Waals surface area contributed by atoms with Crippen molar-refractivity contribution in [3.8, 4) is 0 Å². The van der Waals surface area contributed by atoms with Gasteiger partial charge in [0.05, 0.1) is 22.1 Å². The second-order valence-corrected chi connectivity index (χ2v) is 7.28. The number of nitro benzene ring substituents is 1. The molecule has 0 radical (unpaired) electrons. The quantitative estimate of drug-likeness (QED) is 0.451. The average molecular weight is 375 g/mol. The van der Waals surface area contributed by atoms with Crippen LogP contribution in [0.1, 0.15) is 46.1 Å². The van der Waals surface area contributed by atoms with Crippen molar-refractivity contribution in [3.63, 3.8) is 0 Å². The Hall–Kier alpha value is -3.10. The van der Waals surface area contributed by atoms with Crippen molar-refractivity contribution in [2.75, 3.05) is 0 Å². The molecule has 2 atom stereocenters. The van der Waals surface area contributed by atoms with Crippen LogP contribution in [0.25, 0.3) is 0 Å². The van der Waals surface area contributed by atoms with Crippen LogP contribution in [0.15, 0.2) is 40.5 Å². The first-order chi connectivity index (χ1) is 12.4. The lowest BCUT2D eigenvalue weighted by atomic mass is 9.79. The SMILES string of the molecule is CC1=NC(C)=C(C(=O)OC(C)(C)C)C(c2ccccc2[N+](=O)[O-])C1[N+](=O)[O-]. The minimum Gasteiger partial charge on any atom is -0.457 e. The molecule has 0 spiro atoms. The van der Waals surface area contributed by atoms with Gasteiger partial charge in [-0.15, -0.1) is 0 Å². The summed E-state index contributed by atoms with van der Waals surface area (Å²) in [6, 6.07) is 4.29. The van der Waals surface area contributed by atoms with E-state index >= 15 is 0 Å². The minimum atomic E-state index is -1.41. The molecule has 0 bridgehead atoms. The number of rotatable bonds is 4. The predicted octanol–water partition coefficient (Wildman–Crippen LogP) is 3.41. The summed E-state index contributed by atoms with van der Waals surface area (Å²) in [5.41, 5.74) is -0.656. The molecule has 0 saturated carbocycles. The van der Waals surface area contributed by atoms with Crippen molar-refractivity contribution >= 4 is 17.4 Å². The summed E-state index contributed by atoms with van der Waals surface area (Å²) >= 11 is 0. The van der Waals surface area contributed by atoms with Crippen molar-refractivity contribution in [2.24, 2.45) is 4.99 Å². The molecule has 1 aromatic rings. The van der Waals surface area contributed by atoms with E-state index in [-0.39, 0.29) is 28.2 Å². The highest BCUT2D eigenvalue weighted by atomic mass is 16.6. The minimum absolute atomic E-state index is 0.0356. The molecule has 0 fully saturated rings. The zero-order valence-corrected chi connectivity index (χ0v) is 15.8. The van der Waals surface area contributed by atoms with Gasteiger partial charge in [-0.2, -0.15) is 0 Å². The fourth-order valence-corrected chi connectivity index (χ4v) is 3.14. The molecule has 0 saturated heterocycles. The van der Waals surface area contributed by atoms with Gasteiger partial charge in [-0.3, -0.25) is 25.2 Å². The molecule has 1 aliphatic rings. The Morgan fingerprint density at radius 1 is 1.15 bits per heavy atom. The van der Waals surface area contributed by atoms with Crippen LogP contribution in [0.2, 0.25) is 0 Å². The summed E-state index contributed by atoms with van der Waals surface area (Å²) in [5.74, 6) is -1.94. The topological polar surface area (TPSA) is 125 Å². The van der Waals surface area contributed by atoms with E-state index in [1.54, 1.807) is 33.8 Å². The van der Waals surface area contributed by atoms with E-state index in [0.717, 1.165) is 0 Å². The van der Waals surface area contributed by atoms with E-state index in [2.05, 4.69) is 4.99 Å². The fraction of sp³-hybridized carbons (Fsp3) is 0.444. The Morgan fingerprint density at radius 3 is 2.26 bits per heavy atom. The Labute approximate surface area is 156 Å². The summed E-state index contributed by atoms with van der Waals surface area (Å²) in [7, 11) is 0. The van der Waals surface area contributed by atoms with E-state index in [1.165, 1.54) is 25.1 Å². The summed E-state index contributed by atoms with van der Waals surface area (Å²) in [4.78, 5) is 39.0. The highest BCUT2D eigenvalue weighted by molar-refractivity contribution is 5.98. The number of para-hydroxylation sites is 1. The lowest BCUT2D eigenvalue weighted by Crippen LogP contribution is -2.41. The summed E-state index contributed by atoms with van der Waals surface area (Å²) in [6.45, 7) is 8.03. The molecule has 0 aromatic heterocycles. The van der Waals surface area contributed by atoms with Gasteiger partial charge in [0.25, 0.3) is 11.7 Å². The Balaban J connectivity index is 2.74. The summed E-state index contributed by atoms with van der Waals surface area (Å²) < 4.78 is 5.40. The number of hydrogen-bond donors (Lipinski definition) is 0. The zero-order valence-electron chi connectivity index (χ0n) is 15.8. The molecular formula is C18H21N3O6. The second kappa shape index (κ2) is 7.26. The van der Waals surface area contributed by atoms with Gasteiger partial charge in [0.2, 0.25) is 0 Å². The van der Waals surface area contributed by atoms with Crippen LogP contribution in [0.5, 0.6) is 0 Å². The molecule has 2 unspecified atom stereocenters. The monoisotopic (exact) mass is 375 g/mol. The first-order valence-corrected chi connectivity index (χ1v) is 8.30. The highest BCUT2D eigenvalue weighted by Gasteiger charge is 2.47. The molecule has 0 aliphatic carbocycles. The maximum absolute atomic E-state index is 12.8. The van der Waals surface area contributed by atoms with Gasteiger partial charge < -0.3 is 4.74 Å². The van der Waals surface area contributed by atoms with E-state index in [4.69, 9.17) is 4.74 Å². The van der Waals surface area contributed by atoms with Gasteiger partial charge in [0, 0.05) is 22.3 Å². The first kappa shape index (κ1) is 20.2. The van der Waals surface area contributed by atoms with Crippen LogP contribution in [0, 0.1) is 20.2 Å². The molecule has 27 heavy (non-hydrogen) atoms. The van der Waals surface area contributed by atoms with E-state index in [1.807, 2.05) is 0 Å². The lowest BCUT2D eigenvalue weighted by Gasteiger charge is -2.29.